The summed E-state index contributed by atoms with van der Waals surface area (Å²) in [4.78, 5) is 14.4. The maximum Gasteiger partial charge on any atom is 0.237 e. The Bertz CT molecular complexity index is 498. The maximum absolute atomic E-state index is 12.0. The zero-order chi connectivity index (χ0) is 15.9. The van der Waals surface area contributed by atoms with Crippen LogP contribution in [0.25, 0.3) is 0 Å². The highest BCUT2D eigenvalue weighted by molar-refractivity contribution is 5.85. The van der Waals surface area contributed by atoms with Crippen LogP contribution in [0.3, 0.4) is 0 Å². The first kappa shape index (κ1) is 23.1. The molecule has 2 rings (SSSR count). The van der Waals surface area contributed by atoms with Crippen molar-refractivity contribution >= 4 is 30.7 Å². The number of carbonyl (C=O) groups is 1. The molecule has 5 nitrogen and oxygen atoms in total. The standard InChI is InChI=1S/C17H27N3O2.2ClH/c1-3-20(4-2)12-14-7-5-6-13(8-14)10-19-17(22)16-9-15(21)11-18-16;;/h5-8,15-16,18,21H,3-4,9-12H2,1-2H3,(H,19,22);2*1H. The number of aliphatic hydroxyl groups excluding tert-OH is 1. The molecule has 3 N–H and O–H groups in total. The van der Waals surface area contributed by atoms with E-state index in [1.165, 1.54) is 5.56 Å². The van der Waals surface area contributed by atoms with Gasteiger partial charge in [-0.1, -0.05) is 38.1 Å². The number of halogens is 2. The number of rotatable bonds is 7. The molecule has 138 valence electrons. The van der Waals surface area contributed by atoms with Gasteiger partial charge in [0.1, 0.15) is 0 Å². The predicted molar refractivity (Wildman–Crippen MR) is 102 cm³/mol. The molecular formula is C17H29Cl2N3O2. The molecule has 0 aliphatic carbocycles. The second-order valence-electron chi connectivity index (χ2n) is 5.85. The Morgan fingerprint density at radius 1 is 1.29 bits per heavy atom. The first-order chi connectivity index (χ1) is 10.6. The van der Waals surface area contributed by atoms with E-state index in [1.807, 2.05) is 12.1 Å². The lowest BCUT2D eigenvalue weighted by Crippen LogP contribution is -2.40. The van der Waals surface area contributed by atoms with Gasteiger partial charge < -0.3 is 15.7 Å². The fraction of sp³-hybridized carbons (Fsp3) is 0.588. The molecule has 0 bridgehead atoms. The number of β-amino-alcohol motifs (C(OH)–C–C–N with tert-alkyl or cyclic N) is 1. The molecule has 1 heterocycles. The summed E-state index contributed by atoms with van der Waals surface area (Å²) in [5.74, 6) is -0.0364. The second kappa shape index (κ2) is 11.7. The normalized spacial score (nSPS) is 19.5. The van der Waals surface area contributed by atoms with E-state index >= 15 is 0 Å². The van der Waals surface area contributed by atoms with Gasteiger partial charge in [-0.05, 0) is 30.6 Å². The number of aliphatic hydroxyl groups is 1. The van der Waals surface area contributed by atoms with Gasteiger partial charge in [0.25, 0.3) is 0 Å². The van der Waals surface area contributed by atoms with Crippen LogP contribution in [0, 0.1) is 0 Å². The van der Waals surface area contributed by atoms with E-state index in [-0.39, 0.29) is 36.8 Å². The van der Waals surface area contributed by atoms with Crippen LogP contribution in [0.15, 0.2) is 24.3 Å². The lowest BCUT2D eigenvalue weighted by Gasteiger charge is -2.18. The van der Waals surface area contributed by atoms with Crippen LogP contribution >= 0.6 is 24.8 Å². The highest BCUT2D eigenvalue weighted by Crippen LogP contribution is 2.10. The fourth-order valence-electron chi connectivity index (χ4n) is 2.77. The van der Waals surface area contributed by atoms with Crippen molar-refractivity contribution in [2.24, 2.45) is 0 Å². The molecule has 1 fully saturated rings. The molecule has 0 saturated carbocycles. The highest BCUT2D eigenvalue weighted by Gasteiger charge is 2.27. The Balaban J connectivity index is 0.00000264. The molecule has 1 aromatic rings. The number of nitrogens with zero attached hydrogens (tertiary/aromatic N) is 1. The van der Waals surface area contributed by atoms with Crippen molar-refractivity contribution in [1.82, 2.24) is 15.5 Å². The smallest absolute Gasteiger partial charge is 0.237 e. The van der Waals surface area contributed by atoms with Crippen molar-refractivity contribution in [3.8, 4) is 0 Å². The molecular weight excluding hydrogens is 349 g/mol. The molecule has 1 amide bonds. The summed E-state index contributed by atoms with van der Waals surface area (Å²) >= 11 is 0. The molecule has 1 saturated heterocycles. The Morgan fingerprint density at radius 2 is 1.96 bits per heavy atom. The van der Waals surface area contributed by atoms with E-state index in [1.54, 1.807) is 0 Å². The van der Waals surface area contributed by atoms with Gasteiger partial charge >= 0.3 is 0 Å². The van der Waals surface area contributed by atoms with Crippen LogP contribution < -0.4 is 10.6 Å². The highest BCUT2D eigenvalue weighted by atomic mass is 35.5. The largest absolute Gasteiger partial charge is 0.392 e. The average Bonchev–Trinajstić information content (AvgIpc) is 2.97. The van der Waals surface area contributed by atoms with Crippen molar-refractivity contribution in [1.29, 1.82) is 0 Å². The van der Waals surface area contributed by atoms with Gasteiger partial charge in [0.05, 0.1) is 12.1 Å². The molecule has 0 radical (unpaired) electrons. The quantitative estimate of drug-likeness (QED) is 0.676. The SMILES string of the molecule is CCN(CC)Cc1cccc(CNC(=O)C2CC(O)CN2)c1.Cl.Cl. The molecule has 7 heteroatoms. The minimum Gasteiger partial charge on any atom is -0.392 e. The Labute approximate surface area is 157 Å². The Morgan fingerprint density at radius 3 is 2.54 bits per heavy atom. The minimum absolute atomic E-state index is 0. The first-order valence-corrected chi connectivity index (χ1v) is 8.11. The summed E-state index contributed by atoms with van der Waals surface area (Å²) in [7, 11) is 0. The van der Waals surface area contributed by atoms with Crippen LogP contribution in [0.5, 0.6) is 0 Å². The van der Waals surface area contributed by atoms with Crippen LogP contribution in [0.1, 0.15) is 31.4 Å². The molecule has 2 atom stereocenters. The molecule has 1 aliphatic rings. The molecule has 2 unspecified atom stereocenters. The number of hydrogen-bond donors (Lipinski definition) is 3. The van der Waals surface area contributed by atoms with Gasteiger partial charge in [0.2, 0.25) is 5.91 Å². The van der Waals surface area contributed by atoms with Gasteiger partial charge in [-0.2, -0.15) is 0 Å². The van der Waals surface area contributed by atoms with Crippen molar-refractivity contribution in [2.75, 3.05) is 19.6 Å². The van der Waals surface area contributed by atoms with E-state index in [4.69, 9.17) is 0 Å². The fourth-order valence-corrected chi connectivity index (χ4v) is 2.77. The Hall–Kier alpha value is -0.850. The third kappa shape index (κ3) is 6.95. The topological polar surface area (TPSA) is 64.6 Å². The molecule has 0 aromatic heterocycles. The Kier molecular flexibility index (Phi) is 11.2. The summed E-state index contributed by atoms with van der Waals surface area (Å²) in [6.45, 7) is 8.36. The number of hydrogen-bond acceptors (Lipinski definition) is 4. The zero-order valence-corrected chi connectivity index (χ0v) is 16.0. The summed E-state index contributed by atoms with van der Waals surface area (Å²) in [6, 6.07) is 8.07. The average molecular weight is 378 g/mol. The van der Waals surface area contributed by atoms with E-state index in [2.05, 4.69) is 41.5 Å². The summed E-state index contributed by atoms with van der Waals surface area (Å²) in [5.41, 5.74) is 2.38. The second-order valence-corrected chi connectivity index (χ2v) is 5.85. The summed E-state index contributed by atoms with van der Waals surface area (Å²) in [5, 5.41) is 15.4. The van der Waals surface area contributed by atoms with Gasteiger partial charge in [0.15, 0.2) is 0 Å². The van der Waals surface area contributed by atoms with E-state index in [0.29, 0.717) is 19.5 Å². The molecule has 24 heavy (non-hydrogen) atoms. The van der Waals surface area contributed by atoms with Crippen molar-refractivity contribution in [3.63, 3.8) is 0 Å². The van der Waals surface area contributed by atoms with E-state index < -0.39 is 6.10 Å². The van der Waals surface area contributed by atoms with E-state index in [9.17, 15) is 9.90 Å². The summed E-state index contributed by atoms with van der Waals surface area (Å²) < 4.78 is 0. The molecule has 1 aliphatic heterocycles. The van der Waals surface area contributed by atoms with Crippen molar-refractivity contribution in [3.05, 3.63) is 35.4 Å². The number of benzene rings is 1. The third-order valence-electron chi connectivity index (χ3n) is 4.18. The lowest BCUT2D eigenvalue weighted by molar-refractivity contribution is -0.123. The molecule has 0 spiro atoms. The minimum atomic E-state index is -0.409. The lowest BCUT2D eigenvalue weighted by atomic mass is 10.1. The van der Waals surface area contributed by atoms with Crippen LogP contribution in [0.2, 0.25) is 0 Å². The number of amides is 1. The number of carbonyl (C=O) groups excluding carboxylic acids is 1. The first-order valence-electron chi connectivity index (χ1n) is 8.11. The monoisotopic (exact) mass is 377 g/mol. The van der Waals surface area contributed by atoms with Gasteiger partial charge in [-0.15, -0.1) is 24.8 Å². The van der Waals surface area contributed by atoms with Crippen molar-refractivity contribution < 1.29 is 9.90 Å². The third-order valence-corrected chi connectivity index (χ3v) is 4.18. The number of nitrogens with one attached hydrogen (secondary N) is 2. The predicted octanol–water partition coefficient (Wildman–Crippen LogP) is 1.71. The van der Waals surface area contributed by atoms with Crippen molar-refractivity contribution in [2.45, 2.75) is 45.5 Å². The summed E-state index contributed by atoms with van der Waals surface area (Å²) in [6.07, 6.45) is 0.0848. The maximum atomic E-state index is 12.0. The zero-order valence-electron chi connectivity index (χ0n) is 14.3. The van der Waals surface area contributed by atoms with Crippen LogP contribution in [-0.2, 0) is 17.9 Å². The van der Waals surface area contributed by atoms with Crippen LogP contribution in [-0.4, -0.2) is 47.7 Å². The van der Waals surface area contributed by atoms with E-state index in [0.717, 1.165) is 25.2 Å². The van der Waals surface area contributed by atoms with Gasteiger partial charge in [-0.25, -0.2) is 0 Å². The van der Waals surface area contributed by atoms with Gasteiger partial charge in [-0.3, -0.25) is 9.69 Å². The van der Waals surface area contributed by atoms with Crippen LogP contribution in [0.4, 0.5) is 0 Å². The molecule has 1 aromatic carbocycles. The van der Waals surface area contributed by atoms with Gasteiger partial charge in [0, 0.05) is 19.6 Å².